The van der Waals surface area contributed by atoms with Crippen LogP contribution in [0.3, 0.4) is 0 Å². The van der Waals surface area contributed by atoms with Crippen molar-refractivity contribution < 1.29 is 9.13 Å². The van der Waals surface area contributed by atoms with Gasteiger partial charge in [0.1, 0.15) is 11.6 Å². The second-order valence-electron chi connectivity index (χ2n) is 2.90. The number of nitrogens with two attached hydrogens (primary N) is 1. The molecule has 0 aliphatic carbocycles. The quantitative estimate of drug-likeness (QED) is 0.780. The summed E-state index contributed by atoms with van der Waals surface area (Å²) >= 11 is 0. The number of hydrogen-bond acceptors (Lipinski definition) is 2. The molecule has 13 heavy (non-hydrogen) atoms. The highest BCUT2D eigenvalue weighted by atomic mass is 19.1. The molecule has 3 heteroatoms. The second kappa shape index (κ2) is 4.23. The molecule has 2 N–H and O–H groups in total. The van der Waals surface area contributed by atoms with Crippen LogP contribution in [0.2, 0.25) is 0 Å². The predicted molar refractivity (Wildman–Crippen MR) is 50.2 cm³/mol. The number of rotatable bonds is 3. The van der Waals surface area contributed by atoms with Gasteiger partial charge in [0.2, 0.25) is 0 Å². The zero-order chi connectivity index (χ0) is 9.84. The Morgan fingerprint density at radius 2 is 2.23 bits per heavy atom. The zero-order valence-corrected chi connectivity index (χ0v) is 7.88. The number of ether oxygens (including phenoxy) is 1. The van der Waals surface area contributed by atoms with Crippen LogP contribution in [0.4, 0.5) is 4.39 Å². The lowest BCUT2D eigenvalue weighted by Crippen LogP contribution is -2.08. The monoisotopic (exact) mass is 183 g/mol. The standard InChI is InChI=1S/C10H14FNO/c1-3-13-10-5-4-8(11)6-9(10)7(2)12/h4-7H,3,12H2,1-2H3/t7-/m0/s1. The minimum absolute atomic E-state index is 0.211. The molecule has 0 saturated heterocycles. The Morgan fingerprint density at radius 1 is 1.54 bits per heavy atom. The third-order valence-corrected chi connectivity index (χ3v) is 1.76. The number of benzene rings is 1. The highest BCUT2D eigenvalue weighted by Crippen LogP contribution is 2.24. The Bertz CT molecular complexity index is 286. The van der Waals surface area contributed by atoms with Crippen LogP contribution in [-0.2, 0) is 0 Å². The third kappa shape index (κ3) is 2.42. The van der Waals surface area contributed by atoms with Crippen LogP contribution in [0.25, 0.3) is 0 Å². The van der Waals surface area contributed by atoms with Crippen molar-refractivity contribution in [2.24, 2.45) is 5.73 Å². The van der Waals surface area contributed by atoms with Gasteiger partial charge in [0.15, 0.2) is 0 Å². The van der Waals surface area contributed by atoms with Gasteiger partial charge in [0.05, 0.1) is 6.61 Å². The van der Waals surface area contributed by atoms with Crippen molar-refractivity contribution in [2.45, 2.75) is 19.9 Å². The third-order valence-electron chi connectivity index (χ3n) is 1.76. The summed E-state index contributed by atoms with van der Waals surface area (Å²) in [6.07, 6.45) is 0. The van der Waals surface area contributed by atoms with E-state index in [2.05, 4.69) is 0 Å². The summed E-state index contributed by atoms with van der Waals surface area (Å²) in [4.78, 5) is 0. The molecule has 0 spiro atoms. The van der Waals surface area contributed by atoms with E-state index in [1.54, 1.807) is 13.0 Å². The van der Waals surface area contributed by atoms with Gasteiger partial charge in [-0.2, -0.15) is 0 Å². The average molecular weight is 183 g/mol. The Balaban J connectivity index is 3.03. The van der Waals surface area contributed by atoms with Gasteiger partial charge in [0.25, 0.3) is 0 Å². The van der Waals surface area contributed by atoms with E-state index in [0.29, 0.717) is 17.9 Å². The molecule has 0 aromatic heterocycles. The zero-order valence-electron chi connectivity index (χ0n) is 7.88. The van der Waals surface area contributed by atoms with Gasteiger partial charge in [-0.05, 0) is 32.0 Å². The van der Waals surface area contributed by atoms with Crippen LogP contribution in [0.15, 0.2) is 18.2 Å². The molecule has 0 bridgehead atoms. The SMILES string of the molecule is CCOc1ccc(F)cc1[C@H](C)N. The van der Waals surface area contributed by atoms with Gasteiger partial charge in [0, 0.05) is 11.6 Å². The fraction of sp³-hybridized carbons (Fsp3) is 0.400. The van der Waals surface area contributed by atoms with E-state index in [4.69, 9.17) is 10.5 Å². The Hall–Kier alpha value is -1.09. The van der Waals surface area contributed by atoms with Crippen molar-refractivity contribution in [2.75, 3.05) is 6.61 Å². The Kier molecular flexibility index (Phi) is 3.25. The molecular formula is C10H14FNO. The molecule has 0 aliphatic heterocycles. The van der Waals surface area contributed by atoms with Gasteiger partial charge in [-0.25, -0.2) is 4.39 Å². The Morgan fingerprint density at radius 3 is 2.77 bits per heavy atom. The average Bonchev–Trinajstić information content (AvgIpc) is 2.08. The van der Waals surface area contributed by atoms with E-state index in [1.807, 2.05) is 6.92 Å². The first-order chi connectivity index (χ1) is 6.15. The molecule has 72 valence electrons. The lowest BCUT2D eigenvalue weighted by Gasteiger charge is -2.12. The van der Waals surface area contributed by atoms with Crippen molar-refractivity contribution in [3.63, 3.8) is 0 Å². The first kappa shape index (κ1) is 9.99. The largest absolute Gasteiger partial charge is 0.494 e. The van der Waals surface area contributed by atoms with E-state index in [1.165, 1.54) is 12.1 Å². The van der Waals surface area contributed by atoms with Crippen molar-refractivity contribution in [1.29, 1.82) is 0 Å². The summed E-state index contributed by atoms with van der Waals surface area (Å²) < 4.78 is 18.1. The van der Waals surface area contributed by atoms with E-state index in [9.17, 15) is 4.39 Å². The summed E-state index contributed by atoms with van der Waals surface area (Å²) in [5.41, 5.74) is 6.38. The molecule has 0 radical (unpaired) electrons. The fourth-order valence-corrected chi connectivity index (χ4v) is 1.16. The summed E-state index contributed by atoms with van der Waals surface area (Å²) in [5, 5.41) is 0. The van der Waals surface area contributed by atoms with Crippen LogP contribution in [0.5, 0.6) is 5.75 Å². The van der Waals surface area contributed by atoms with Crippen LogP contribution in [0, 0.1) is 5.82 Å². The number of hydrogen-bond donors (Lipinski definition) is 1. The maximum absolute atomic E-state index is 12.8. The summed E-state index contributed by atoms with van der Waals surface area (Å²) in [7, 11) is 0. The van der Waals surface area contributed by atoms with E-state index < -0.39 is 0 Å². The van der Waals surface area contributed by atoms with Gasteiger partial charge in [-0.15, -0.1) is 0 Å². The first-order valence-corrected chi connectivity index (χ1v) is 4.33. The molecule has 0 fully saturated rings. The second-order valence-corrected chi connectivity index (χ2v) is 2.90. The lowest BCUT2D eigenvalue weighted by molar-refractivity contribution is 0.334. The van der Waals surface area contributed by atoms with Gasteiger partial charge >= 0.3 is 0 Å². The van der Waals surface area contributed by atoms with Crippen molar-refractivity contribution in [1.82, 2.24) is 0 Å². The topological polar surface area (TPSA) is 35.2 Å². The van der Waals surface area contributed by atoms with Crippen molar-refractivity contribution >= 4 is 0 Å². The molecule has 0 saturated carbocycles. The van der Waals surface area contributed by atoms with E-state index in [0.717, 1.165) is 0 Å². The maximum atomic E-state index is 12.8. The maximum Gasteiger partial charge on any atom is 0.124 e. The van der Waals surface area contributed by atoms with E-state index >= 15 is 0 Å². The minimum Gasteiger partial charge on any atom is -0.494 e. The van der Waals surface area contributed by atoms with Gasteiger partial charge in [-0.1, -0.05) is 0 Å². The normalized spacial score (nSPS) is 12.6. The van der Waals surface area contributed by atoms with Crippen LogP contribution < -0.4 is 10.5 Å². The first-order valence-electron chi connectivity index (χ1n) is 4.33. The molecule has 0 aliphatic rings. The fourth-order valence-electron chi connectivity index (χ4n) is 1.16. The smallest absolute Gasteiger partial charge is 0.124 e. The Labute approximate surface area is 77.5 Å². The molecule has 1 aromatic carbocycles. The number of halogens is 1. The predicted octanol–water partition coefficient (Wildman–Crippen LogP) is 2.24. The van der Waals surface area contributed by atoms with Crippen molar-refractivity contribution in [3.05, 3.63) is 29.6 Å². The molecule has 1 aromatic rings. The van der Waals surface area contributed by atoms with E-state index in [-0.39, 0.29) is 11.9 Å². The lowest BCUT2D eigenvalue weighted by atomic mass is 10.1. The molecule has 1 atom stereocenters. The summed E-state index contributed by atoms with van der Waals surface area (Å²) in [6.45, 7) is 4.25. The van der Waals surface area contributed by atoms with Gasteiger partial charge in [-0.3, -0.25) is 0 Å². The minimum atomic E-state index is -0.282. The van der Waals surface area contributed by atoms with Gasteiger partial charge < -0.3 is 10.5 Å². The summed E-state index contributed by atoms with van der Waals surface area (Å²) in [6, 6.07) is 4.18. The molecule has 1 rings (SSSR count). The summed E-state index contributed by atoms with van der Waals surface area (Å²) in [5.74, 6) is 0.384. The van der Waals surface area contributed by atoms with Crippen LogP contribution in [0.1, 0.15) is 25.5 Å². The molecule has 0 unspecified atom stereocenters. The highest BCUT2D eigenvalue weighted by molar-refractivity contribution is 5.35. The molecule has 0 amide bonds. The molecule has 2 nitrogen and oxygen atoms in total. The van der Waals surface area contributed by atoms with Crippen molar-refractivity contribution in [3.8, 4) is 5.75 Å². The molecular weight excluding hydrogens is 169 g/mol. The highest BCUT2D eigenvalue weighted by Gasteiger charge is 2.08. The van der Waals surface area contributed by atoms with Crippen LogP contribution >= 0.6 is 0 Å². The van der Waals surface area contributed by atoms with Crippen LogP contribution in [-0.4, -0.2) is 6.61 Å². The molecule has 0 heterocycles.